The number of hydrogen-bond acceptors (Lipinski definition) is 7. The van der Waals surface area contributed by atoms with Gasteiger partial charge in [0.1, 0.15) is 11.4 Å². The molecule has 3 aliphatic heterocycles. The van der Waals surface area contributed by atoms with E-state index in [9.17, 15) is 28.3 Å². The molecule has 1 aromatic carbocycles. The van der Waals surface area contributed by atoms with Gasteiger partial charge in [-0.2, -0.15) is 18.4 Å². The number of alkyl halides is 3. The number of aliphatic hydroxyl groups excluding tert-OH is 1. The number of halogens is 3. The Bertz CT molecular complexity index is 1590. The van der Waals surface area contributed by atoms with Crippen LogP contribution >= 0.6 is 0 Å². The van der Waals surface area contributed by atoms with Crippen LogP contribution in [0.4, 0.5) is 13.2 Å². The molecule has 0 radical (unpaired) electrons. The molecule has 0 saturated heterocycles. The Hall–Kier alpha value is -3.61. The minimum Gasteiger partial charge on any atom is -0.512 e. The molecule has 232 valence electrons. The summed E-state index contributed by atoms with van der Waals surface area (Å²) in [7, 11) is 0. The van der Waals surface area contributed by atoms with Crippen LogP contribution in [0.5, 0.6) is 0 Å². The second-order valence-corrected chi connectivity index (χ2v) is 13.9. The highest BCUT2D eigenvalue weighted by atomic mass is 19.4. The third-order valence-corrected chi connectivity index (χ3v) is 10.9. The summed E-state index contributed by atoms with van der Waals surface area (Å²) >= 11 is 0. The summed E-state index contributed by atoms with van der Waals surface area (Å²) in [5.74, 6) is 0.395. The third-order valence-electron chi connectivity index (χ3n) is 10.9. The SMILES string of the molecule is CC1=CC(C)=NC2=NC3(CC4=C(O)CC(CCc5ccc(C6(C#N)CC6)c(C(F)(F)F)c5)(C5CCCC5)OC4=O)CC3CN12. The molecule has 0 bridgehead atoms. The van der Waals surface area contributed by atoms with Gasteiger partial charge in [0.15, 0.2) is 0 Å². The van der Waals surface area contributed by atoms with Gasteiger partial charge in [0.25, 0.3) is 0 Å². The molecule has 10 heteroatoms. The number of allylic oxidation sites excluding steroid dienone is 2. The van der Waals surface area contributed by atoms with Gasteiger partial charge < -0.3 is 14.7 Å². The summed E-state index contributed by atoms with van der Waals surface area (Å²) in [5.41, 5.74) is -0.531. The van der Waals surface area contributed by atoms with E-state index in [2.05, 4.69) is 16.0 Å². The predicted octanol–water partition coefficient (Wildman–Crippen LogP) is 7.08. The van der Waals surface area contributed by atoms with E-state index in [0.29, 0.717) is 30.8 Å². The maximum Gasteiger partial charge on any atom is 0.416 e. The summed E-state index contributed by atoms with van der Waals surface area (Å²) < 4.78 is 48.6. The lowest BCUT2D eigenvalue weighted by Gasteiger charge is -2.42. The second kappa shape index (κ2) is 9.95. The number of ether oxygens (including phenoxy) is 1. The van der Waals surface area contributed by atoms with Gasteiger partial charge in [-0.25, -0.2) is 14.8 Å². The molecule has 3 heterocycles. The number of carbonyl (C=O) groups excluding carboxylic acids is 1. The summed E-state index contributed by atoms with van der Waals surface area (Å²) in [6.07, 6.45) is 3.76. The van der Waals surface area contributed by atoms with E-state index in [0.717, 1.165) is 56.1 Å². The lowest BCUT2D eigenvalue weighted by molar-refractivity contribution is -0.167. The summed E-state index contributed by atoms with van der Waals surface area (Å²) in [6.45, 7) is 4.73. The highest BCUT2D eigenvalue weighted by Crippen LogP contribution is 2.56. The maximum atomic E-state index is 14.1. The monoisotopic (exact) mass is 606 g/mol. The first kappa shape index (κ1) is 29.1. The highest BCUT2D eigenvalue weighted by Gasteiger charge is 2.60. The first-order chi connectivity index (χ1) is 20.9. The number of carbonyl (C=O) groups is 1. The molecule has 7 rings (SSSR count). The Morgan fingerprint density at radius 3 is 2.59 bits per heavy atom. The summed E-state index contributed by atoms with van der Waals surface area (Å²) in [5, 5.41) is 21.0. The standard InChI is InChI=1S/C34H37F3N4O3/c1-20-13-21(2)41-18-24-15-32(24,40-30(41)39-20)16-25-28(42)17-33(44-29(25)43,23-5-3-4-6-23)10-9-22-7-8-26(31(19-38)11-12-31)27(14-22)34(35,36)37/h7-8,13-14,23-24,42H,3-6,9-12,15-18H2,1-2H3. The molecule has 7 nitrogen and oxygen atoms in total. The molecule has 3 unspecified atom stereocenters. The van der Waals surface area contributed by atoms with Crippen molar-refractivity contribution in [3.8, 4) is 6.07 Å². The molecule has 3 fully saturated rings. The topological polar surface area (TPSA) is 98.3 Å². The summed E-state index contributed by atoms with van der Waals surface area (Å²) in [6, 6.07) is 6.36. The first-order valence-electron chi connectivity index (χ1n) is 15.7. The zero-order chi connectivity index (χ0) is 31.1. The quantitative estimate of drug-likeness (QED) is 0.335. The van der Waals surface area contributed by atoms with E-state index in [1.807, 2.05) is 19.9 Å². The Kier molecular flexibility index (Phi) is 6.58. The van der Waals surface area contributed by atoms with E-state index in [4.69, 9.17) is 9.73 Å². The number of aliphatic hydroxyl groups is 1. The second-order valence-electron chi connectivity index (χ2n) is 13.9. The maximum absolute atomic E-state index is 14.1. The smallest absolute Gasteiger partial charge is 0.416 e. The van der Waals surface area contributed by atoms with E-state index in [1.165, 1.54) is 6.07 Å². The number of rotatable bonds is 7. The van der Waals surface area contributed by atoms with Gasteiger partial charge in [0.05, 0.1) is 28.2 Å². The molecule has 44 heavy (non-hydrogen) atoms. The van der Waals surface area contributed by atoms with Crippen molar-refractivity contribution in [3.63, 3.8) is 0 Å². The number of fused-ring (bicyclic) bond motifs is 2. The molecule has 0 aromatic heterocycles. The predicted molar refractivity (Wildman–Crippen MR) is 158 cm³/mol. The van der Waals surface area contributed by atoms with Crippen molar-refractivity contribution in [2.45, 2.75) is 107 Å². The van der Waals surface area contributed by atoms with Crippen molar-refractivity contribution in [1.82, 2.24) is 4.90 Å². The van der Waals surface area contributed by atoms with Crippen molar-refractivity contribution in [2.75, 3.05) is 6.54 Å². The van der Waals surface area contributed by atoms with Crippen LogP contribution in [-0.4, -0.2) is 45.3 Å². The van der Waals surface area contributed by atoms with Crippen LogP contribution in [0.25, 0.3) is 0 Å². The van der Waals surface area contributed by atoms with Crippen LogP contribution in [0.3, 0.4) is 0 Å². The van der Waals surface area contributed by atoms with Gasteiger partial charge in [-0.3, -0.25) is 0 Å². The van der Waals surface area contributed by atoms with E-state index < -0.39 is 34.3 Å². The number of nitrogens with zero attached hydrogens (tertiary/aromatic N) is 4. The van der Waals surface area contributed by atoms with E-state index in [-0.39, 0.29) is 48.0 Å². The number of aliphatic imine (C=N–C) groups is 2. The van der Waals surface area contributed by atoms with Gasteiger partial charge in [-0.05, 0) is 88.0 Å². The number of guanidine groups is 1. The van der Waals surface area contributed by atoms with Crippen LogP contribution in [0.1, 0.15) is 94.7 Å². The van der Waals surface area contributed by atoms with Crippen molar-refractivity contribution < 1.29 is 27.8 Å². The Balaban J connectivity index is 1.14. The van der Waals surface area contributed by atoms with Crippen molar-refractivity contribution in [2.24, 2.45) is 21.8 Å². The zero-order valence-electron chi connectivity index (χ0n) is 25.1. The molecule has 0 spiro atoms. The molecule has 0 amide bonds. The zero-order valence-corrected chi connectivity index (χ0v) is 25.1. The average molecular weight is 607 g/mol. The van der Waals surface area contributed by atoms with E-state index in [1.54, 1.807) is 6.07 Å². The fraction of sp³-hybridized carbons (Fsp3) is 0.588. The van der Waals surface area contributed by atoms with E-state index >= 15 is 0 Å². The lowest BCUT2D eigenvalue weighted by atomic mass is 9.76. The highest BCUT2D eigenvalue weighted by molar-refractivity contribution is 6.05. The Labute approximate surface area is 255 Å². The van der Waals surface area contributed by atoms with Crippen LogP contribution in [-0.2, 0) is 27.5 Å². The van der Waals surface area contributed by atoms with Crippen LogP contribution in [0.2, 0.25) is 0 Å². The Morgan fingerprint density at radius 2 is 1.93 bits per heavy atom. The minimum atomic E-state index is -4.58. The van der Waals surface area contributed by atoms with Crippen LogP contribution in [0, 0.1) is 23.2 Å². The molecular weight excluding hydrogens is 569 g/mol. The average Bonchev–Trinajstić information content (AvgIpc) is 3.84. The normalized spacial score (nSPS) is 30.9. The number of nitriles is 1. The van der Waals surface area contributed by atoms with Crippen LogP contribution in [0.15, 0.2) is 51.3 Å². The number of hydrogen-bond donors (Lipinski definition) is 1. The fourth-order valence-electron chi connectivity index (χ4n) is 8.13. The molecule has 3 atom stereocenters. The van der Waals surface area contributed by atoms with Gasteiger partial charge >= 0.3 is 12.1 Å². The largest absolute Gasteiger partial charge is 0.512 e. The van der Waals surface area contributed by atoms with Gasteiger partial charge in [-0.15, -0.1) is 0 Å². The number of aryl methyl sites for hydroxylation is 1. The molecule has 6 aliphatic rings. The molecule has 1 aromatic rings. The fourth-order valence-corrected chi connectivity index (χ4v) is 8.13. The molecular formula is C34H37F3N4O3. The van der Waals surface area contributed by atoms with Crippen molar-refractivity contribution in [3.05, 3.63) is 58.0 Å². The van der Waals surface area contributed by atoms with Crippen molar-refractivity contribution >= 4 is 17.6 Å². The lowest BCUT2D eigenvalue weighted by Crippen LogP contribution is -2.47. The molecule has 3 saturated carbocycles. The molecule has 3 aliphatic carbocycles. The summed E-state index contributed by atoms with van der Waals surface area (Å²) in [4.78, 5) is 25.4. The third kappa shape index (κ3) is 4.83. The first-order valence-corrected chi connectivity index (χ1v) is 15.7. The van der Waals surface area contributed by atoms with Gasteiger partial charge in [0, 0.05) is 36.7 Å². The Morgan fingerprint density at radius 1 is 1.18 bits per heavy atom. The van der Waals surface area contributed by atoms with Crippen molar-refractivity contribution in [1.29, 1.82) is 5.26 Å². The number of benzene rings is 1. The van der Waals surface area contributed by atoms with Gasteiger partial charge in [-0.1, -0.05) is 25.0 Å². The minimum absolute atomic E-state index is 0.0197. The number of esters is 1. The molecule has 1 N–H and O–H groups in total. The van der Waals surface area contributed by atoms with Gasteiger partial charge in [0.2, 0.25) is 5.96 Å². The number of cyclic esters (lactones) is 1. The van der Waals surface area contributed by atoms with Crippen LogP contribution < -0.4 is 0 Å².